The average Bonchev–Trinajstić information content (AvgIpc) is 3.78. The van der Waals surface area contributed by atoms with Crippen LogP contribution in [0.1, 0.15) is 0 Å². The van der Waals surface area contributed by atoms with E-state index in [0.29, 0.717) is 28.4 Å². The van der Waals surface area contributed by atoms with E-state index < -0.39 is 0 Å². The van der Waals surface area contributed by atoms with E-state index in [1.165, 1.54) is 5.39 Å². The number of nitrogens with zero attached hydrogens (tertiary/aromatic N) is 4. The summed E-state index contributed by atoms with van der Waals surface area (Å²) in [6, 6.07) is 47.4. The van der Waals surface area contributed by atoms with Crippen LogP contribution in [0.5, 0.6) is 0 Å². The highest BCUT2D eigenvalue weighted by Gasteiger charge is 2.21. The molecule has 55 heavy (non-hydrogen) atoms. The zero-order chi connectivity index (χ0) is 37.4. The fourth-order valence-corrected chi connectivity index (χ4v) is 7.56. The lowest BCUT2D eigenvalue weighted by Gasteiger charge is -2.20. The van der Waals surface area contributed by atoms with Gasteiger partial charge >= 0.3 is 0 Å². The minimum Gasteiger partial charge on any atom is -0.454 e. The van der Waals surface area contributed by atoms with Gasteiger partial charge in [0, 0.05) is 38.2 Å². The molecule has 0 aliphatic heterocycles. The standard InChI is InChI=1S/C45H23B5N4O/c46-37-36(38(47)40(49)41(50)39(37)48)45-52-43(25-12-5-2-6-13-25)51-44(53-45)27-19-21-30-31-15-9-17-33(42(31)55-35(30)23-27)54-32-16-8-7-14-28(32)29-20-18-26(22-34(29)54)24-10-3-1-4-11-24/h1-23H. The first kappa shape index (κ1) is 33.1. The van der Waals surface area contributed by atoms with E-state index >= 15 is 0 Å². The van der Waals surface area contributed by atoms with Crippen molar-refractivity contribution in [3.63, 3.8) is 0 Å². The van der Waals surface area contributed by atoms with Crippen LogP contribution in [0, 0.1) is 0 Å². The van der Waals surface area contributed by atoms with Crippen LogP contribution in [-0.4, -0.2) is 58.8 Å². The van der Waals surface area contributed by atoms with Gasteiger partial charge in [0.05, 0.1) is 16.7 Å². The zero-order valence-corrected chi connectivity index (χ0v) is 29.4. The predicted molar refractivity (Wildman–Crippen MR) is 230 cm³/mol. The predicted octanol–water partition coefficient (Wildman–Crippen LogP) is 5.51. The molecule has 0 unspecified atom stereocenters. The van der Waals surface area contributed by atoms with Crippen molar-refractivity contribution in [2.24, 2.45) is 0 Å². The van der Waals surface area contributed by atoms with Gasteiger partial charge in [0.25, 0.3) is 0 Å². The van der Waals surface area contributed by atoms with E-state index in [1.807, 2.05) is 54.6 Å². The molecule has 0 aliphatic rings. The molecule has 10 aromatic rings. The highest BCUT2D eigenvalue weighted by molar-refractivity contribution is 6.68. The van der Waals surface area contributed by atoms with Gasteiger partial charge in [0.15, 0.2) is 23.1 Å². The molecule has 0 saturated heterocycles. The Morgan fingerprint density at radius 3 is 1.71 bits per heavy atom. The molecule has 0 N–H and O–H groups in total. The maximum Gasteiger partial charge on any atom is 0.164 e. The largest absolute Gasteiger partial charge is 0.454 e. The minimum absolute atomic E-state index is 0.114. The molecule has 0 saturated carbocycles. The molecule has 10 heteroatoms. The smallest absolute Gasteiger partial charge is 0.164 e. The van der Waals surface area contributed by atoms with Crippen molar-refractivity contribution in [1.82, 2.24) is 19.5 Å². The van der Waals surface area contributed by atoms with Crippen molar-refractivity contribution >= 4 is 110 Å². The third kappa shape index (κ3) is 5.27. The van der Waals surface area contributed by atoms with Crippen LogP contribution in [0.4, 0.5) is 0 Å². The van der Waals surface area contributed by atoms with Crippen LogP contribution >= 0.6 is 0 Å². The molecule has 3 heterocycles. The number of hydrogen-bond donors (Lipinski definition) is 0. The summed E-state index contributed by atoms with van der Waals surface area (Å²) in [5.74, 6) is 1.02. The van der Waals surface area contributed by atoms with Gasteiger partial charge in [-0.05, 0) is 41.5 Å². The molecule has 0 fully saturated rings. The lowest BCUT2D eigenvalue weighted by Crippen LogP contribution is -2.55. The molecule has 0 spiro atoms. The number of benzene rings is 7. The Labute approximate surface area is 323 Å². The highest BCUT2D eigenvalue weighted by Crippen LogP contribution is 2.40. The molecule has 10 radical (unpaired) electrons. The maximum absolute atomic E-state index is 6.82. The van der Waals surface area contributed by atoms with Gasteiger partial charge in [-0.15, -0.1) is 16.4 Å². The van der Waals surface area contributed by atoms with Crippen molar-refractivity contribution in [1.29, 1.82) is 0 Å². The SMILES string of the molecule is [B]c1c([B])c([B])c(-c2nc(-c3ccccc3)nc(-c3ccc4c(c3)oc3c(-n5c6ccccc6c6ccc(-c7ccccc7)cc65)cccc34)n2)c([B])c1[B]. The Morgan fingerprint density at radius 1 is 0.400 bits per heavy atom. The van der Waals surface area contributed by atoms with Crippen LogP contribution in [-0.2, 0) is 0 Å². The third-order valence-electron chi connectivity index (χ3n) is 10.3. The topological polar surface area (TPSA) is 56.7 Å². The Hall–Kier alpha value is -6.53. The molecule has 0 aliphatic carbocycles. The van der Waals surface area contributed by atoms with E-state index in [0.717, 1.165) is 55.2 Å². The summed E-state index contributed by atoms with van der Waals surface area (Å²) in [5, 5.41) is 4.27. The summed E-state index contributed by atoms with van der Waals surface area (Å²) in [6.45, 7) is 0. The molecule has 5 nitrogen and oxygen atoms in total. The number of rotatable bonds is 5. The highest BCUT2D eigenvalue weighted by atomic mass is 16.3. The van der Waals surface area contributed by atoms with Crippen LogP contribution in [0.3, 0.4) is 0 Å². The van der Waals surface area contributed by atoms with Crippen molar-refractivity contribution in [3.8, 4) is 51.0 Å². The fraction of sp³-hybridized carbons (Fsp3) is 0. The number of para-hydroxylation sites is 2. The third-order valence-corrected chi connectivity index (χ3v) is 10.3. The summed E-state index contributed by atoms with van der Waals surface area (Å²) < 4.78 is 9.11. The van der Waals surface area contributed by atoms with E-state index in [2.05, 4.69) is 89.5 Å². The number of fused-ring (bicyclic) bond motifs is 6. The molecular formula is C45H23B5N4O. The number of furan rings is 1. The van der Waals surface area contributed by atoms with Gasteiger partial charge in [-0.3, -0.25) is 0 Å². The molecule has 244 valence electrons. The summed E-state index contributed by atoms with van der Waals surface area (Å²) in [4.78, 5) is 14.6. The number of hydrogen-bond acceptors (Lipinski definition) is 4. The molecular weight excluding hydrogens is 667 g/mol. The molecule has 0 atom stereocenters. The van der Waals surface area contributed by atoms with Crippen LogP contribution < -0.4 is 27.3 Å². The summed E-state index contributed by atoms with van der Waals surface area (Å²) in [5.41, 5.74) is 9.23. The van der Waals surface area contributed by atoms with Gasteiger partial charge in [-0.25, -0.2) is 15.0 Å². The van der Waals surface area contributed by atoms with Crippen molar-refractivity contribution in [3.05, 3.63) is 140 Å². The first-order valence-corrected chi connectivity index (χ1v) is 17.7. The Kier molecular flexibility index (Phi) is 7.70. The molecule has 0 bridgehead atoms. The fourth-order valence-electron chi connectivity index (χ4n) is 7.56. The normalized spacial score (nSPS) is 11.6. The van der Waals surface area contributed by atoms with Gasteiger partial charge in [-0.1, -0.05) is 120 Å². The first-order valence-electron chi connectivity index (χ1n) is 17.7. The summed E-state index contributed by atoms with van der Waals surface area (Å²) in [6.07, 6.45) is 0. The Bertz CT molecular complexity index is 3130. The lowest BCUT2D eigenvalue weighted by molar-refractivity contribution is 0.666. The summed E-state index contributed by atoms with van der Waals surface area (Å²) in [7, 11) is 31.6. The quantitative estimate of drug-likeness (QED) is 0.224. The Balaban J connectivity index is 1.18. The van der Waals surface area contributed by atoms with Crippen molar-refractivity contribution in [2.45, 2.75) is 0 Å². The van der Waals surface area contributed by atoms with Crippen LogP contribution in [0.2, 0.25) is 0 Å². The first-order chi connectivity index (χ1) is 26.9. The van der Waals surface area contributed by atoms with Crippen molar-refractivity contribution in [2.75, 3.05) is 0 Å². The maximum atomic E-state index is 6.82. The zero-order valence-electron chi connectivity index (χ0n) is 29.4. The molecule has 7 aromatic carbocycles. The molecule has 10 rings (SSSR count). The molecule has 3 aromatic heterocycles. The van der Waals surface area contributed by atoms with Crippen LogP contribution in [0.25, 0.3) is 94.7 Å². The monoisotopic (exact) mass is 690 g/mol. The Morgan fingerprint density at radius 2 is 0.964 bits per heavy atom. The second kappa shape index (κ2) is 12.8. The van der Waals surface area contributed by atoms with E-state index in [1.54, 1.807) is 0 Å². The van der Waals surface area contributed by atoms with Gasteiger partial charge in [-0.2, -0.15) is 0 Å². The second-order valence-electron chi connectivity index (χ2n) is 13.5. The summed E-state index contributed by atoms with van der Waals surface area (Å²) >= 11 is 0. The van der Waals surface area contributed by atoms with E-state index in [4.69, 9.17) is 58.6 Å². The number of aromatic nitrogens is 4. The second-order valence-corrected chi connectivity index (χ2v) is 13.5. The molecule has 0 amide bonds. The van der Waals surface area contributed by atoms with E-state index in [-0.39, 0.29) is 33.1 Å². The van der Waals surface area contributed by atoms with Gasteiger partial charge in [0.1, 0.15) is 44.8 Å². The van der Waals surface area contributed by atoms with Gasteiger partial charge in [0.2, 0.25) is 0 Å². The minimum atomic E-state index is 0.114. The van der Waals surface area contributed by atoms with Crippen LogP contribution in [0.15, 0.2) is 144 Å². The van der Waals surface area contributed by atoms with Gasteiger partial charge < -0.3 is 8.98 Å². The van der Waals surface area contributed by atoms with E-state index in [9.17, 15) is 0 Å². The average molecular weight is 690 g/mol. The van der Waals surface area contributed by atoms with Crippen molar-refractivity contribution < 1.29 is 4.42 Å². The lowest BCUT2D eigenvalue weighted by atomic mass is 9.60.